The molecular formula is C15H20N2OS. The third-order valence-electron chi connectivity index (χ3n) is 3.00. The molecule has 19 heavy (non-hydrogen) atoms. The van der Waals surface area contributed by atoms with E-state index in [0.717, 1.165) is 11.5 Å². The normalized spacial score (nSPS) is 11.2. The predicted molar refractivity (Wildman–Crippen MR) is 78.7 cm³/mol. The number of aromatic nitrogens is 2. The van der Waals surface area contributed by atoms with E-state index in [1.165, 1.54) is 9.92 Å². The standard InChI is InChI=1S/C15H20N2OS/c1-11(2)14-15(17(3)13(16-14)9-10-18)19-12-7-5-4-6-8-12/h4-8,11,18H,9-10H2,1-3H3. The van der Waals surface area contributed by atoms with Gasteiger partial charge in [0.05, 0.1) is 12.3 Å². The van der Waals surface area contributed by atoms with Gasteiger partial charge in [0.1, 0.15) is 10.9 Å². The Balaban J connectivity index is 2.37. The predicted octanol–water partition coefficient (Wildman–Crippen LogP) is 3.23. The highest BCUT2D eigenvalue weighted by atomic mass is 32.2. The van der Waals surface area contributed by atoms with Crippen molar-refractivity contribution in [2.45, 2.75) is 36.1 Å². The molecule has 0 unspecified atom stereocenters. The third-order valence-corrected chi connectivity index (χ3v) is 4.18. The topological polar surface area (TPSA) is 38.1 Å². The van der Waals surface area contributed by atoms with E-state index in [0.29, 0.717) is 12.3 Å². The SMILES string of the molecule is CC(C)c1nc(CCO)n(C)c1Sc1ccccc1. The van der Waals surface area contributed by atoms with Crippen molar-refractivity contribution in [1.29, 1.82) is 0 Å². The van der Waals surface area contributed by atoms with Gasteiger partial charge in [-0.2, -0.15) is 0 Å². The average Bonchev–Trinajstić information content (AvgIpc) is 2.70. The second-order valence-electron chi connectivity index (χ2n) is 4.82. The van der Waals surface area contributed by atoms with Crippen LogP contribution in [0.4, 0.5) is 0 Å². The second-order valence-corrected chi connectivity index (χ2v) is 5.88. The Morgan fingerprint density at radius 3 is 2.53 bits per heavy atom. The van der Waals surface area contributed by atoms with Gasteiger partial charge in [0.15, 0.2) is 0 Å². The van der Waals surface area contributed by atoms with Crippen molar-refractivity contribution < 1.29 is 5.11 Å². The molecule has 2 aromatic rings. The van der Waals surface area contributed by atoms with Crippen LogP contribution in [0, 0.1) is 0 Å². The van der Waals surface area contributed by atoms with Crippen LogP contribution in [0.5, 0.6) is 0 Å². The van der Waals surface area contributed by atoms with Gasteiger partial charge in [-0.3, -0.25) is 0 Å². The molecule has 1 aromatic carbocycles. The minimum atomic E-state index is 0.137. The quantitative estimate of drug-likeness (QED) is 0.911. The zero-order valence-corrected chi connectivity index (χ0v) is 12.4. The Morgan fingerprint density at radius 1 is 1.26 bits per heavy atom. The summed E-state index contributed by atoms with van der Waals surface area (Å²) in [6, 6.07) is 10.3. The molecule has 0 fully saturated rings. The van der Waals surface area contributed by atoms with Gasteiger partial charge in [0.25, 0.3) is 0 Å². The lowest BCUT2D eigenvalue weighted by molar-refractivity contribution is 0.295. The molecular weight excluding hydrogens is 256 g/mol. The molecule has 4 heteroatoms. The number of aliphatic hydroxyl groups is 1. The minimum Gasteiger partial charge on any atom is -0.396 e. The summed E-state index contributed by atoms with van der Waals surface area (Å²) < 4.78 is 2.10. The molecule has 0 aliphatic rings. The van der Waals surface area contributed by atoms with Crippen LogP contribution in [0.25, 0.3) is 0 Å². The molecule has 1 aromatic heterocycles. The van der Waals surface area contributed by atoms with Gasteiger partial charge in [-0.25, -0.2) is 4.98 Å². The number of hydrogen-bond donors (Lipinski definition) is 1. The number of aliphatic hydroxyl groups excluding tert-OH is 1. The molecule has 0 bridgehead atoms. The summed E-state index contributed by atoms with van der Waals surface area (Å²) in [5.74, 6) is 1.33. The maximum atomic E-state index is 9.11. The van der Waals surface area contributed by atoms with E-state index in [4.69, 9.17) is 5.11 Å². The number of rotatable bonds is 5. The van der Waals surface area contributed by atoms with Crippen LogP contribution in [0.1, 0.15) is 31.3 Å². The Hall–Kier alpha value is -1.26. The summed E-state index contributed by atoms with van der Waals surface area (Å²) >= 11 is 1.73. The number of benzene rings is 1. The Bertz CT molecular complexity index is 535. The van der Waals surface area contributed by atoms with Gasteiger partial charge in [-0.15, -0.1) is 0 Å². The highest BCUT2D eigenvalue weighted by molar-refractivity contribution is 7.99. The Labute approximate surface area is 118 Å². The fourth-order valence-corrected chi connectivity index (χ4v) is 3.12. The molecule has 0 radical (unpaired) electrons. The second kappa shape index (κ2) is 6.26. The molecule has 0 atom stereocenters. The fourth-order valence-electron chi connectivity index (χ4n) is 1.97. The summed E-state index contributed by atoms with van der Waals surface area (Å²) in [5.41, 5.74) is 1.11. The van der Waals surface area contributed by atoms with Gasteiger partial charge >= 0.3 is 0 Å². The molecule has 0 spiro atoms. The molecule has 0 aliphatic carbocycles. The summed E-state index contributed by atoms with van der Waals surface area (Å²) in [5, 5.41) is 10.3. The van der Waals surface area contributed by atoms with Crippen molar-refractivity contribution in [3.63, 3.8) is 0 Å². The molecule has 0 aliphatic heterocycles. The van der Waals surface area contributed by atoms with Crippen LogP contribution < -0.4 is 0 Å². The van der Waals surface area contributed by atoms with Crippen molar-refractivity contribution in [1.82, 2.24) is 9.55 Å². The summed E-state index contributed by atoms with van der Waals surface area (Å²) in [6.07, 6.45) is 0.603. The molecule has 2 rings (SSSR count). The van der Waals surface area contributed by atoms with Crippen LogP contribution in [0.2, 0.25) is 0 Å². The summed E-state index contributed by atoms with van der Waals surface area (Å²) in [7, 11) is 2.02. The zero-order valence-electron chi connectivity index (χ0n) is 11.6. The van der Waals surface area contributed by atoms with E-state index in [-0.39, 0.29) is 6.61 Å². The van der Waals surface area contributed by atoms with E-state index in [2.05, 4.69) is 35.5 Å². The largest absolute Gasteiger partial charge is 0.396 e. The van der Waals surface area contributed by atoms with E-state index >= 15 is 0 Å². The first-order valence-electron chi connectivity index (χ1n) is 6.52. The monoisotopic (exact) mass is 276 g/mol. The molecule has 0 amide bonds. The summed E-state index contributed by atoms with van der Waals surface area (Å²) in [4.78, 5) is 5.89. The van der Waals surface area contributed by atoms with Crippen molar-refractivity contribution in [3.05, 3.63) is 41.9 Å². The maximum Gasteiger partial charge on any atom is 0.111 e. The van der Waals surface area contributed by atoms with Gasteiger partial charge in [-0.05, 0) is 18.1 Å². The van der Waals surface area contributed by atoms with E-state index < -0.39 is 0 Å². The first-order chi connectivity index (χ1) is 9.13. The number of nitrogens with zero attached hydrogens (tertiary/aromatic N) is 2. The lowest BCUT2D eigenvalue weighted by atomic mass is 10.1. The Kier molecular flexibility index (Phi) is 4.66. The average molecular weight is 276 g/mol. The molecule has 1 N–H and O–H groups in total. The number of imidazole rings is 1. The van der Waals surface area contributed by atoms with Crippen molar-refractivity contribution in [2.75, 3.05) is 6.61 Å². The fraction of sp³-hybridized carbons (Fsp3) is 0.400. The zero-order chi connectivity index (χ0) is 13.8. The summed E-state index contributed by atoms with van der Waals surface area (Å²) in [6.45, 7) is 4.44. The van der Waals surface area contributed by atoms with Gasteiger partial charge in [0, 0.05) is 18.4 Å². The molecule has 102 valence electrons. The molecule has 0 saturated heterocycles. The van der Waals surface area contributed by atoms with Gasteiger partial charge < -0.3 is 9.67 Å². The number of hydrogen-bond acceptors (Lipinski definition) is 3. The first-order valence-corrected chi connectivity index (χ1v) is 7.34. The smallest absolute Gasteiger partial charge is 0.111 e. The van der Waals surface area contributed by atoms with E-state index in [1.807, 2.05) is 25.2 Å². The van der Waals surface area contributed by atoms with E-state index in [1.54, 1.807) is 11.8 Å². The van der Waals surface area contributed by atoms with Crippen LogP contribution >= 0.6 is 11.8 Å². The highest BCUT2D eigenvalue weighted by Gasteiger charge is 2.17. The van der Waals surface area contributed by atoms with Crippen LogP contribution in [0.15, 0.2) is 40.3 Å². The minimum absolute atomic E-state index is 0.137. The molecule has 3 nitrogen and oxygen atoms in total. The first kappa shape index (κ1) is 14.2. The van der Waals surface area contributed by atoms with E-state index in [9.17, 15) is 0 Å². The van der Waals surface area contributed by atoms with Crippen LogP contribution in [-0.2, 0) is 13.5 Å². The maximum absolute atomic E-state index is 9.11. The molecule has 1 heterocycles. The highest BCUT2D eigenvalue weighted by Crippen LogP contribution is 2.34. The van der Waals surface area contributed by atoms with Crippen molar-refractivity contribution in [2.24, 2.45) is 7.05 Å². The van der Waals surface area contributed by atoms with Crippen LogP contribution in [-0.4, -0.2) is 21.3 Å². The van der Waals surface area contributed by atoms with Gasteiger partial charge in [-0.1, -0.05) is 43.8 Å². The Morgan fingerprint density at radius 2 is 1.95 bits per heavy atom. The van der Waals surface area contributed by atoms with Crippen LogP contribution in [0.3, 0.4) is 0 Å². The molecule has 0 saturated carbocycles. The lowest BCUT2D eigenvalue weighted by Crippen LogP contribution is -2.01. The van der Waals surface area contributed by atoms with Crippen molar-refractivity contribution in [3.8, 4) is 0 Å². The third kappa shape index (κ3) is 3.19. The lowest BCUT2D eigenvalue weighted by Gasteiger charge is -2.08. The van der Waals surface area contributed by atoms with Crippen molar-refractivity contribution >= 4 is 11.8 Å². The van der Waals surface area contributed by atoms with Gasteiger partial charge in [0.2, 0.25) is 0 Å².